The number of aliphatic imine (C=N–C) groups is 1. The molecule has 26 heavy (non-hydrogen) atoms. The van der Waals surface area contributed by atoms with Crippen LogP contribution in [0.4, 0.5) is 4.39 Å². The number of nitrogens with one attached hydrogen (secondary N) is 2. The zero-order valence-electron chi connectivity index (χ0n) is 15.3. The third-order valence-corrected chi connectivity index (χ3v) is 5.36. The molecule has 0 radical (unpaired) electrons. The fourth-order valence-electron chi connectivity index (χ4n) is 2.91. The Labute approximate surface area is 176 Å². The van der Waals surface area contributed by atoms with Gasteiger partial charge in [0.15, 0.2) is 5.96 Å². The molecular weight excluding hydrogens is 466 g/mol. The van der Waals surface area contributed by atoms with Crippen LogP contribution in [0.15, 0.2) is 34.2 Å². The number of carbonyl (C=O) groups is 1. The summed E-state index contributed by atoms with van der Waals surface area (Å²) in [5, 5.41) is 6.09. The highest BCUT2D eigenvalue weighted by Crippen LogP contribution is 2.20. The lowest BCUT2D eigenvalue weighted by atomic mass is 9.93. The number of piperidine rings is 1. The zero-order chi connectivity index (χ0) is 18.1. The van der Waals surface area contributed by atoms with Crippen LogP contribution in [0.2, 0.25) is 0 Å². The van der Waals surface area contributed by atoms with Crippen molar-refractivity contribution in [3.8, 4) is 0 Å². The van der Waals surface area contributed by atoms with Crippen molar-refractivity contribution in [2.24, 2.45) is 10.9 Å². The van der Waals surface area contributed by atoms with Crippen LogP contribution in [0.5, 0.6) is 0 Å². The van der Waals surface area contributed by atoms with Gasteiger partial charge in [0, 0.05) is 50.8 Å². The van der Waals surface area contributed by atoms with Gasteiger partial charge in [-0.05, 0) is 43.0 Å². The molecule has 1 aromatic rings. The second-order valence-corrected chi connectivity index (χ2v) is 7.25. The van der Waals surface area contributed by atoms with E-state index < -0.39 is 0 Å². The van der Waals surface area contributed by atoms with E-state index in [0.717, 1.165) is 49.1 Å². The summed E-state index contributed by atoms with van der Waals surface area (Å²) >= 11 is 1.69. The molecule has 146 valence electrons. The number of benzene rings is 1. The van der Waals surface area contributed by atoms with E-state index in [0.29, 0.717) is 12.3 Å². The maximum absolute atomic E-state index is 12.9. The fourth-order valence-corrected chi connectivity index (χ4v) is 3.68. The maximum Gasteiger partial charge on any atom is 0.220 e. The molecule has 0 atom stereocenters. The Hall–Kier alpha value is -1.03. The summed E-state index contributed by atoms with van der Waals surface area (Å²) in [4.78, 5) is 19.2. The van der Waals surface area contributed by atoms with E-state index in [2.05, 4.69) is 20.5 Å². The normalized spacial score (nSPS) is 15.3. The van der Waals surface area contributed by atoms with Crippen molar-refractivity contribution in [3.63, 3.8) is 0 Å². The Morgan fingerprint density at radius 3 is 2.54 bits per heavy atom. The van der Waals surface area contributed by atoms with Gasteiger partial charge >= 0.3 is 0 Å². The number of hydrogen-bond donors (Lipinski definition) is 2. The first-order valence-electron chi connectivity index (χ1n) is 8.67. The van der Waals surface area contributed by atoms with Crippen LogP contribution in [-0.2, 0) is 4.79 Å². The van der Waals surface area contributed by atoms with Crippen molar-refractivity contribution in [2.75, 3.05) is 39.5 Å². The number of amides is 1. The zero-order valence-corrected chi connectivity index (χ0v) is 18.5. The number of carbonyl (C=O) groups excluding carboxylic acids is 1. The van der Waals surface area contributed by atoms with Crippen LogP contribution in [0, 0.1) is 11.7 Å². The molecule has 0 aliphatic carbocycles. The van der Waals surface area contributed by atoms with Crippen molar-refractivity contribution in [1.29, 1.82) is 0 Å². The number of nitrogens with zero attached hydrogens (tertiary/aromatic N) is 2. The monoisotopic (exact) mass is 494 g/mol. The maximum atomic E-state index is 12.9. The molecule has 0 aromatic heterocycles. The lowest BCUT2D eigenvalue weighted by Gasteiger charge is -2.34. The molecular formula is C18H28FIN4OS. The third kappa shape index (κ3) is 7.69. The summed E-state index contributed by atoms with van der Waals surface area (Å²) < 4.78 is 12.9. The lowest BCUT2D eigenvalue weighted by Crippen LogP contribution is -2.46. The molecule has 2 N–H and O–H groups in total. The van der Waals surface area contributed by atoms with Crippen LogP contribution < -0.4 is 10.6 Å². The number of guanidine groups is 1. The topological polar surface area (TPSA) is 56.7 Å². The molecule has 1 aliphatic rings. The summed E-state index contributed by atoms with van der Waals surface area (Å²) in [5.74, 6) is 2.18. The van der Waals surface area contributed by atoms with Crippen LogP contribution in [0.25, 0.3) is 0 Å². The molecule has 0 saturated carbocycles. The van der Waals surface area contributed by atoms with Gasteiger partial charge in [-0.25, -0.2) is 4.39 Å². The van der Waals surface area contributed by atoms with E-state index in [1.807, 2.05) is 0 Å². The first-order chi connectivity index (χ1) is 12.1. The highest BCUT2D eigenvalue weighted by molar-refractivity contribution is 14.0. The van der Waals surface area contributed by atoms with Gasteiger partial charge in [-0.2, -0.15) is 0 Å². The number of thioether (sulfide) groups is 1. The average molecular weight is 494 g/mol. The third-order valence-electron chi connectivity index (χ3n) is 4.35. The second-order valence-electron chi connectivity index (χ2n) is 6.08. The molecule has 0 bridgehead atoms. The van der Waals surface area contributed by atoms with Crippen molar-refractivity contribution < 1.29 is 9.18 Å². The van der Waals surface area contributed by atoms with E-state index in [4.69, 9.17) is 0 Å². The molecule has 1 aliphatic heterocycles. The fraction of sp³-hybridized carbons (Fsp3) is 0.556. The summed E-state index contributed by atoms with van der Waals surface area (Å²) in [6.45, 7) is 2.64. The van der Waals surface area contributed by atoms with E-state index in [9.17, 15) is 9.18 Å². The van der Waals surface area contributed by atoms with Gasteiger partial charge in [0.2, 0.25) is 5.91 Å². The van der Waals surface area contributed by atoms with Gasteiger partial charge in [-0.1, -0.05) is 0 Å². The first-order valence-corrected chi connectivity index (χ1v) is 9.65. The van der Waals surface area contributed by atoms with Crippen molar-refractivity contribution in [3.05, 3.63) is 30.1 Å². The van der Waals surface area contributed by atoms with Gasteiger partial charge in [0.1, 0.15) is 5.82 Å². The van der Waals surface area contributed by atoms with Crippen LogP contribution in [0.3, 0.4) is 0 Å². The van der Waals surface area contributed by atoms with E-state index in [1.165, 1.54) is 12.1 Å². The Kier molecular flexibility index (Phi) is 11.0. The van der Waals surface area contributed by atoms with Gasteiger partial charge < -0.3 is 15.5 Å². The molecule has 1 aromatic carbocycles. The lowest BCUT2D eigenvalue weighted by molar-refractivity contribution is -0.121. The van der Waals surface area contributed by atoms with Gasteiger partial charge in [0.25, 0.3) is 0 Å². The average Bonchev–Trinajstić information content (AvgIpc) is 2.64. The summed E-state index contributed by atoms with van der Waals surface area (Å²) in [6, 6.07) is 6.56. The van der Waals surface area contributed by atoms with Gasteiger partial charge in [-0.3, -0.25) is 9.79 Å². The molecule has 2 rings (SSSR count). The minimum Gasteiger partial charge on any atom is -0.359 e. The molecule has 0 unspecified atom stereocenters. The van der Waals surface area contributed by atoms with Gasteiger partial charge in [0.05, 0.1) is 0 Å². The largest absolute Gasteiger partial charge is 0.359 e. The molecule has 1 saturated heterocycles. The smallest absolute Gasteiger partial charge is 0.220 e. The molecule has 8 heteroatoms. The molecule has 1 fully saturated rings. The van der Waals surface area contributed by atoms with E-state index in [1.54, 1.807) is 38.0 Å². The Bertz CT molecular complexity index is 577. The Morgan fingerprint density at radius 1 is 1.31 bits per heavy atom. The van der Waals surface area contributed by atoms with Crippen LogP contribution in [0.1, 0.15) is 19.3 Å². The molecule has 1 heterocycles. The Balaban J connectivity index is 0.00000338. The minimum absolute atomic E-state index is 0. The molecule has 0 spiro atoms. The van der Waals surface area contributed by atoms with Crippen LogP contribution in [-0.4, -0.2) is 56.2 Å². The quantitative estimate of drug-likeness (QED) is 0.210. The second kappa shape index (κ2) is 12.4. The Morgan fingerprint density at radius 2 is 1.96 bits per heavy atom. The summed E-state index contributed by atoms with van der Waals surface area (Å²) in [7, 11) is 3.49. The standard InChI is InChI=1S/C18H27FN4OS.HI/c1-20-17(24)13-14-7-10-23(11-8-14)18(21-2)22-9-12-25-16-5-3-15(19)4-6-16;/h3-6,14H,7-13H2,1-2H3,(H,20,24)(H,21,22);1H. The van der Waals surface area contributed by atoms with E-state index >= 15 is 0 Å². The predicted octanol–water partition coefficient (Wildman–Crippen LogP) is 2.96. The number of rotatable bonds is 6. The van der Waals surface area contributed by atoms with Crippen molar-refractivity contribution >= 4 is 47.6 Å². The van der Waals surface area contributed by atoms with Crippen LogP contribution >= 0.6 is 35.7 Å². The first kappa shape index (κ1) is 23.0. The van der Waals surface area contributed by atoms with Crippen molar-refractivity contribution in [2.45, 2.75) is 24.2 Å². The van der Waals surface area contributed by atoms with Gasteiger partial charge in [-0.15, -0.1) is 35.7 Å². The highest BCUT2D eigenvalue weighted by atomic mass is 127. The highest BCUT2D eigenvalue weighted by Gasteiger charge is 2.22. The SMILES string of the molecule is CN=C(NCCSc1ccc(F)cc1)N1CCC(CC(=O)NC)CC1.I. The summed E-state index contributed by atoms with van der Waals surface area (Å²) in [6.07, 6.45) is 2.64. The molecule has 5 nitrogen and oxygen atoms in total. The molecule has 1 amide bonds. The minimum atomic E-state index is -0.206. The predicted molar refractivity (Wildman–Crippen MR) is 117 cm³/mol. The number of likely N-dealkylation sites (tertiary alicyclic amines) is 1. The van der Waals surface area contributed by atoms with E-state index in [-0.39, 0.29) is 35.7 Å². The summed E-state index contributed by atoms with van der Waals surface area (Å²) in [5.41, 5.74) is 0. The number of hydrogen-bond acceptors (Lipinski definition) is 3. The van der Waals surface area contributed by atoms with Crippen molar-refractivity contribution in [1.82, 2.24) is 15.5 Å². The number of halogens is 2.